The monoisotopic (exact) mass is 473 g/mol. The van der Waals surface area contributed by atoms with Crippen molar-refractivity contribution < 1.29 is 14.2 Å². The number of anilines is 1. The molecule has 6 nitrogen and oxygen atoms in total. The fraction of sp³-hybridized carbons (Fsp3) is 0.414. The Bertz CT molecular complexity index is 1070. The van der Waals surface area contributed by atoms with Crippen molar-refractivity contribution in [1.29, 1.82) is 5.26 Å². The number of hydrogen-bond donors (Lipinski definition) is 1. The predicted octanol–water partition coefficient (Wildman–Crippen LogP) is 4.52. The van der Waals surface area contributed by atoms with Gasteiger partial charge in [-0.25, -0.2) is 0 Å². The second-order valence-electron chi connectivity index (χ2n) is 8.40. The second kappa shape index (κ2) is 14.9. The lowest BCUT2D eigenvalue weighted by Gasteiger charge is -2.29. The van der Waals surface area contributed by atoms with E-state index in [-0.39, 0.29) is 0 Å². The van der Waals surface area contributed by atoms with Crippen LogP contribution < -0.4 is 10.2 Å². The zero-order valence-corrected chi connectivity index (χ0v) is 20.4. The maximum Gasteiger partial charge on any atom is 0.107 e. The van der Waals surface area contributed by atoms with Crippen molar-refractivity contribution in [2.24, 2.45) is 0 Å². The minimum atomic E-state index is 0.301. The molecule has 1 fully saturated rings. The number of nitriles is 1. The maximum atomic E-state index is 9.64. The SMILES string of the molecule is C#CCOCCOCCOCCNC(=C)/C(C#N)=C/c1ccc2cc(N3CCCCC3)ccc2c1. The summed E-state index contributed by atoms with van der Waals surface area (Å²) in [4.78, 5) is 2.47. The van der Waals surface area contributed by atoms with Crippen LogP contribution in [0.5, 0.6) is 0 Å². The lowest BCUT2D eigenvalue weighted by molar-refractivity contribution is 0.0212. The summed E-state index contributed by atoms with van der Waals surface area (Å²) < 4.78 is 16.0. The molecular formula is C29H35N3O3. The molecule has 0 amide bonds. The molecule has 184 valence electrons. The molecule has 1 aliphatic heterocycles. The van der Waals surface area contributed by atoms with Gasteiger partial charge in [0.25, 0.3) is 0 Å². The van der Waals surface area contributed by atoms with Gasteiger partial charge >= 0.3 is 0 Å². The average Bonchev–Trinajstić information content (AvgIpc) is 2.90. The van der Waals surface area contributed by atoms with Crippen LogP contribution in [0.4, 0.5) is 5.69 Å². The van der Waals surface area contributed by atoms with Crippen LogP contribution in [0.3, 0.4) is 0 Å². The number of nitrogens with zero attached hydrogens (tertiary/aromatic N) is 2. The van der Waals surface area contributed by atoms with Crippen LogP contribution in [-0.4, -0.2) is 59.3 Å². The molecule has 1 N–H and O–H groups in total. The Morgan fingerprint density at radius 2 is 1.66 bits per heavy atom. The van der Waals surface area contributed by atoms with E-state index in [2.05, 4.69) is 59.1 Å². The second-order valence-corrected chi connectivity index (χ2v) is 8.40. The van der Waals surface area contributed by atoms with Gasteiger partial charge in [0.05, 0.1) is 38.6 Å². The van der Waals surface area contributed by atoms with E-state index in [0.717, 1.165) is 24.0 Å². The lowest BCUT2D eigenvalue weighted by Crippen LogP contribution is -2.29. The third-order valence-electron chi connectivity index (χ3n) is 5.84. The van der Waals surface area contributed by atoms with Crippen molar-refractivity contribution in [1.82, 2.24) is 5.32 Å². The highest BCUT2D eigenvalue weighted by Crippen LogP contribution is 2.26. The molecule has 1 heterocycles. The number of benzene rings is 2. The van der Waals surface area contributed by atoms with Crippen molar-refractivity contribution in [3.8, 4) is 18.4 Å². The molecule has 2 aromatic carbocycles. The Morgan fingerprint density at radius 3 is 2.40 bits per heavy atom. The van der Waals surface area contributed by atoms with Gasteiger partial charge < -0.3 is 24.4 Å². The minimum Gasteiger partial charge on any atom is -0.382 e. The van der Waals surface area contributed by atoms with Gasteiger partial charge in [-0.05, 0) is 59.9 Å². The first-order valence-electron chi connectivity index (χ1n) is 12.2. The number of terminal acetylenes is 1. The van der Waals surface area contributed by atoms with Gasteiger partial charge in [-0.15, -0.1) is 6.42 Å². The van der Waals surface area contributed by atoms with Gasteiger partial charge in [0.1, 0.15) is 12.7 Å². The van der Waals surface area contributed by atoms with Crippen molar-refractivity contribution in [2.45, 2.75) is 19.3 Å². The summed E-state index contributed by atoms with van der Waals surface area (Å²) in [5, 5.41) is 15.2. The normalized spacial score (nSPS) is 13.9. The van der Waals surface area contributed by atoms with E-state index in [1.165, 1.54) is 30.3 Å². The molecule has 0 aliphatic carbocycles. The van der Waals surface area contributed by atoms with Gasteiger partial charge in [0.15, 0.2) is 0 Å². The lowest BCUT2D eigenvalue weighted by atomic mass is 10.0. The first kappa shape index (κ1) is 26.3. The fourth-order valence-electron chi connectivity index (χ4n) is 3.98. The van der Waals surface area contributed by atoms with Gasteiger partial charge in [-0.3, -0.25) is 0 Å². The Labute approximate surface area is 209 Å². The molecule has 0 radical (unpaired) electrons. The molecule has 0 bridgehead atoms. The van der Waals surface area contributed by atoms with Crippen molar-refractivity contribution in [3.63, 3.8) is 0 Å². The molecule has 0 unspecified atom stereocenters. The zero-order valence-electron chi connectivity index (χ0n) is 20.4. The maximum absolute atomic E-state index is 9.64. The molecule has 1 aliphatic rings. The van der Waals surface area contributed by atoms with E-state index >= 15 is 0 Å². The van der Waals surface area contributed by atoms with Crippen LogP contribution in [0.2, 0.25) is 0 Å². The molecule has 2 aromatic rings. The molecule has 0 spiro atoms. The van der Waals surface area contributed by atoms with Crippen molar-refractivity contribution in [2.75, 3.05) is 64.2 Å². The van der Waals surface area contributed by atoms with E-state index in [9.17, 15) is 5.26 Å². The van der Waals surface area contributed by atoms with Crippen LogP contribution in [-0.2, 0) is 14.2 Å². The molecule has 0 atom stereocenters. The summed E-state index contributed by atoms with van der Waals surface area (Å²) in [7, 11) is 0. The largest absolute Gasteiger partial charge is 0.382 e. The Hall–Kier alpha value is -3.29. The van der Waals surface area contributed by atoms with E-state index in [1.807, 2.05) is 12.1 Å². The summed E-state index contributed by atoms with van der Waals surface area (Å²) in [6, 6.07) is 15.2. The summed E-state index contributed by atoms with van der Waals surface area (Å²) >= 11 is 0. The number of nitrogens with one attached hydrogen (secondary N) is 1. The van der Waals surface area contributed by atoms with E-state index < -0.39 is 0 Å². The van der Waals surface area contributed by atoms with Crippen molar-refractivity contribution >= 4 is 22.5 Å². The van der Waals surface area contributed by atoms with Gasteiger partial charge in [-0.1, -0.05) is 30.7 Å². The fourth-order valence-corrected chi connectivity index (χ4v) is 3.98. The molecule has 0 aromatic heterocycles. The number of ether oxygens (including phenoxy) is 3. The summed E-state index contributed by atoms with van der Waals surface area (Å²) in [5.41, 5.74) is 3.35. The van der Waals surface area contributed by atoms with E-state index in [4.69, 9.17) is 20.6 Å². The van der Waals surface area contributed by atoms with Crippen molar-refractivity contribution in [3.05, 3.63) is 59.8 Å². The number of fused-ring (bicyclic) bond motifs is 1. The quantitative estimate of drug-likeness (QED) is 0.188. The van der Waals surface area contributed by atoms with Gasteiger partial charge in [-0.2, -0.15) is 5.26 Å². The van der Waals surface area contributed by atoms with Crippen LogP contribution in [0.1, 0.15) is 24.8 Å². The number of piperidine rings is 1. The predicted molar refractivity (Wildman–Crippen MR) is 142 cm³/mol. The first-order chi connectivity index (χ1) is 17.2. The minimum absolute atomic E-state index is 0.301. The zero-order chi connectivity index (χ0) is 24.7. The highest BCUT2D eigenvalue weighted by Gasteiger charge is 2.11. The molecular weight excluding hydrogens is 438 g/mol. The van der Waals surface area contributed by atoms with Gasteiger partial charge in [0, 0.05) is 31.0 Å². The van der Waals surface area contributed by atoms with E-state index in [0.29, 0.717) is 57.5 Å². The first-order valence-corrected chi connectivity index (χ1v) is 12.2. The number of hydrogen-bond acceptors (Lipinski definition) is 6. The Kier molecular flexibility index (Phi) is 11.2. The van der Waals surface area contributed by atoms with Crippen LogP contribution in [0.25, 0.3) is 16.8 Å². The summed E-state index contributed by atoms with van der Waals surface area (Å²) in [6.45, 7) is 9.58. The molecule has 1 saturated heterocycles. The third-order valence-corrected chi connectivity index (χ3v) is 5.84. The van der Waals surface area contributed by atoms with Crippen LogP contribution in [0.15, 0.2) is 54.2 Å². The molecule has 6 heteroatoms. The molecule has 35 heavy (non-hydrogen) atoms. The molecule has 3 rings (SSSR count). The Morgan fingerprint density at radius 1 is 0.971 bits per heavy atom. The molecule has 0 saturated carbocycles. The number of rotatable bonds is 14. The van der Waals surface area contributed by atoms with Crippen LogP contribution in [0, 0.1) is 23.7 Å². The highest BCUT2D eigenvalue weighted by molar-refractivity contribution is 5.88. The Balaban J connectivity index is 1.44. The summed E-state index contributed by atoms with van der Waals surface area (Å²) in [6.07, 6.45) is 10.8. The highest BCUT2D eigenvalue weighted by atomic mass is 16.5. The third kappa shape index (κ3) is 8.77. The van der Waals surface area contributed by atoms with Crippen LogP contribution >= 0.6 is 0 Å². The summed E-state index contributed by atoms with van der Waals surface area (Å²) in [5.74, 6) is 2.40. The topological polar surface area (TPSA) is 66.8 Å². The standard InChI is InChI=1S/C29H35N3O3/c1-3-14-33-16-18-35-19-17-34-15-11-31-24(2)28(23-30)21-25-7-8-27-22-29(10-9-26(27)20-25)32-12-5-4-6-13-32/h1,7-10,20-22,31H,2,4-6,11-19H2/b28-21+. The van der Waals surface area contributed by atoms with E-state index in [1.54, 1.807) is 0 Å². The van der Waals surface area contributed by atoms with Gasteiger partial charge in [0.2, 0.25) is 0 Å². The number of allylic oxidation sites excluding steroid dienone is 1. The average molecular weight is 474 g/mol. The smallest absolute Gasteiger partial charge is 0.107 e.